The Kier molecular flexibility index (Phi) is 4.67. The summed E-state index contributed by atoms with van der Waals surface area (Å²) in [5, 5.41) is 0. The first kappa shape index (κ1) is 13.4. The van der Waals surface area contributed by atoms with Gasteiger partial charge in [0.2, 0.25) is 0 Å². The van der Waals surface area contributed by atoms with Gasteiger partial charge in [-0.05, 0) is 35.4 Å². The average Bonchev–Trinajstić information content (AvgIpc) is 2.41. The summed E-state index contributed by atoms with van der Waals surface area (Å²) in [6.07, 6.45) is 0. The van der Waals surface area contributed by atoms with Gasteiger partial charge in [0.05, 0.1) is 0 Å². The zero-order valence-corrected chi connectivity index (χ0v) is 12.6. The Morgan fingerprint density at radius 2 is 1.50 bits per heavy atom. The molecule has 2 aromatic carbocycles. The minimum atomic E-state index is 0.566. The number of hydrogen-bond donors (Lipinski definition) is 0. The highest BCUT2D eigenvalue weighted by atomic mass is 79.9. The van der Waals surface area contributed by atoms with Gasteiger partial charge in [-0.1, -0.05) is 40.2 Å². The van der Waals surface area contributed by atoms with Gasteiger partial charge in [0.25, 0.3) is 0 Å². The Balaban J connectivity index is 2.06. The Hall–Kier alpha value is -0.990. The largest absolute Gasteiger partial charge is 0.370 e. The van der Waals surface area contributed by atoms with Crippen LogP contribution in [0.3, 0.4) is 0 Å². The van der Waals surface area contributed by atoms with E-state index in [1.807, 2.05) is 0 Å². The molecule has 0 aliphatic carbocycles. The number of rotatable bonds is 4. The van der Waals surface area contributed by atoms with Crippen molar-refractivity contribution in [3.63, 3.8) is 0 Å². The Labute approximate surface area is 122 Å². The van der Waals surface area contributed by atoms with Crippen molar-refractivity contribution in [2.45, 2.75) is 12.4 Å². The van der Waals surface area contributed by atoms with Gasteiger partial charge >= 0.3 is 0 Å². The normalized spacial score (nSPS) is 10.4. The van der Waals surface area contributed by atoms with Crippen molar-refractivity contribution in [1.29, 1.82) is 0 Å². The number of anilines is 1. The quantitative estimate of drug-likeness (QED) is 0.729. The van der Waals surface area contributed by atoms with E-state index in [1.165, 1.54) is 11.3 Å². The summed E-state index contributed by atoms with van der Waals surface area (Å²) >= 11 is 9.23. The molecule has 0 aromatic heterocycles. The zero-order valence-electron chi connectivity index (χ0n) is 10.2. The van der Waals surface area contributed by atoms with E-state index in [0.717, 1.165) is 16.6 Å². The lowest BCUT2D eigenvalue weighted by molar-refractivity contribution is 0.922. The fourth-order valence-electron chi connectivity index (χ4n) is 1.79. The van der Waals surface area contributed by atoms with Gasteiger partial charge in [0.15, 0.2) is 0 Å². The van der Waals surface area contributed by atoms with Gasteiger partial charge in [0, 0.05) is 29.6 Å². The topological polar surface area (TPSA) is 3.24 Å². The lowest BCUT2D eigenvalue weighted by atomic mass is 10.2. The molecule has 0 fully saturated rings. The summed E-state index contributed by atoms with van der Waals surface area (Å²) in [6, 6.07) is 16.8. The molecular weight excluding hydrogens is 310 g/mol. The fraction of sp³-hybridized carbons (Fsp3) is 0.200. The SMILES string of the molecule is CN(Cc1ccc(Br)cc1)c1ccc(CCl)cc1. The van der Waals surface area contributed by atoms with E-state index >= 15 is 0 Å². The lowest BCUT2D eigenvalue weighted by Crippen LogP contribution is -2.16. The van der Waals surface area contributed by atoms with Crippen LogP contribution in [0.25, 0.3) is 0 Å². The van der Waals surface area contributed by atoms with Gasteiger partial charge in [0.1, 0.15) is 0 Å². The Bertz CT molecular complexity index is 493. The van der Waals surface area contributed by atoms with E-state index in [9.17, 15) is 0 Å². The van der Waals surface area contributed by atoms with Crippen molar-refractivity contribution in [3.8, 4) is 0 Å². The molecule has 18 heavy (non-hydrogen) atoms. The molecule has 0 amide bonds. The highest BCUT2D eigenvalue weighted by molar-refractivity contribution is 9.10. The van der Waals surface area contributed by atoms with E-state index < -0.39 is 0 Å². The molecule has 94 valence electrons. The van der Waals surface area contributed by atoms with Gasteiger partial charge in [-0.2, -0.15) is 0 Å². The van der Waals surface area contributed by atoms with E-state index in [4.69, 9.17) is 11.6 Å². The van der Waals surface area contributed by atoms with Gasteiger partial charge < -0.3 is 4.90 Å². The molecular formula is C15H15BrClN. The molecule has 0 aliphatic rings. The van der Waals surface area contributed by atoms with Crippen LogP contribution in [0, 0.1) is 0 Å². The summed E-state index contributed by atoms with van der Waals surface area (Å²) in [5.41, 5.74) is 3.64. The average molecular weight is 325 g/mol. The monoisotopic (exact) mass is 323 g/mol. The van der Waals surface area contributed by atoms with Crippen LogP contribution in [0.5, 0.6) is 0 Å². The van der Waals surface area contributed by atoms with Crippen molar-refractivity contribution in [2.75, 3.05) is 11.9 Å². The first-order valence-electron chi connectivity index (χ1n) is 5.79. The van der Waals surface area contributed by atoms with Crippen molar-refractivity contribution in [3.05, 3.63) is 64.1 Å². The number of alkyl halides is 1. The molecule has 0 N–H and O–H groups in total. The van der Waals surface area contributed by atoms with Gasteiger partial charge in [-0.15, -0.1) is 11.6 Å². The van der Waals surface area contributed by atoms with Gasteiger partial charge in [-0.3, -0.25) is 0 Å². The predicted octanol–water partition coefficient (Wildman–Crippen LogP) is 4.82. The third-order valence-electron chi connectivity index (χ3n) is 2.86. The predicted molar refractivity (Wildman–Crippen MR) is 82.2 cm³/mol. The maximum Gasteiger partial charge on any atom is 0.0474 e. The van der Waals surface area contributed by atoms with Crippen molar-refractivity contribution >= 4 is 33.2 Å². The number of benzene rings is 2. The van der Waals surface area contributed by atoms with Crippen LogP contribution in [-0.4, -0.2) is 7.05 Å². The maximum absolute atomic E-state index is 5.79. The molecule has 2 rings (SSSR count). The number of hydrogen-bond acceptors (Lipinski definition) is 1. The Morgan fingerprint density at radius 3 is 2.06 bits per heavy atom. The molecule has 0 saturated carbocycles. The molecule has 0 bridgehead atoms. The molecule has 0 heterocycles. The van der Waals surface area contributed by atoms with Crippen LogP contribution >= 0.6 is 27.5 Å². The summed E-state index contributed by atoms with van der Waals surface area (Å²) in [6.45, 7) is 0.896. The van der Waals surface area contributed by atoms with E-state index in [1.54, 1.807) is 0 Å². The van der Waals surface area contributed by atoms with Crippen LogP contribution < -0.4 is 4.90 Å². The highest BCUT2D eigenvalue weighted by Gasteiger charge is 2.02. The van der Waals surface area contributed by atoms with Gasteiger partial charge in [-0.25, -0.2) is 0 Å². The molecule has 1 nitrogen and oxygen atoms in total. The second-order valence-corrected chi connectivity index (χ2v) is 5.47. The molecule has 0 atom stereocenters. The molecule has 3 heteroatoms. The van der Waals surface area contributed by atoms with Crippen LogP contribution in [-0.2, 0) is 12.4 Å². The van der Waals surface area contributed by atoms with Crippen molar-refractivity contribution in [2.24, 2.45) is 0 Å². The summed E-state index contributed by atoms with van der Waals surface area (Å²) < 4.78 is 1.11. The molecule has 0 spiro atoms. The van der Waals surface area contributed by atoms with Crippen LogP contribution in [0.15, 0.2) is 53.0 Å². The number of nitrogens with zero attached hydrogens (tertiary/aromatic N) is 1. The smallest absolute Gasteiger partial charge is 0.0474 e. The molecule has 0 aliphatic heterocycles. The molecule has 0 saturated heterocycles. The molecule has 2 aromatic rings. The minimum absolute atomic E-state index is 0.566. The third kappa shape index (κ3) is 3.50. The lowest BCUT2D eigenvalue weighted by Gasteiger charge is -2.19. The second-order valence-electron chi connectivity index (χ2n) is 4.28. The van der Waals surface area contributed by atoms with Crippen molar-refractivity contribution < 1.29 is 0 Å². The van der Waals surface area contributed by atoms with Crippen LogP contribution in [0.2, 0.25) is 0 Å². The molecule has 0 unspecified atom stereocenters. The zero-order chi connectivity index (χ0) is 13.0. The standard InChI is InChI=1S/C15H15BrClN/c1-18(11-13-2-6-14(16)7-3-13)15-8-4-12(10-17)5-9-15/h2-9H,10-11H2,1H3. The molecule has 0 radical (unpaired) electrons. The first-order chi connectivity index (χ1) is 8.69. The number of halogens is 2. The summed E-state index contributed by atoms with van der Waals surface area (Å²) in [4.78, 5) is 2.22. The summed E-state index contributed by atoms with van der Waals surface area (Å²) in [7, 11) is 2.09. The van der Waals surface area contributed by atoms with E-state index in [-0.39, 0.29) is 0 Å². The third-order valence-corrected chi connectivity index (χ3v) is 3.70. The van der Waals surface area contributed by atoms with E-state index in [0.29, 0.717) is 5.88 Å². The van der Waals surface area contributed by atoms with E-state index in [2.05, 4.69) is 76.4 Å². The summed E-state index contributed by atoms with van der Waals surface area (Å²) in [5.74, 6) is 0.566. The van der Waals surface area contributed by atoms with Crippen molar-refractivity contribution in [1.82, 2.24) is 0 Å². The maximum atomic E-state index is 5.79. The minimum Gasteiger partial charge on any atom is -0.370 e. The second kappa shape index (κ2) is 6.26. The highest BCUT2D eigenvalue weighted by Crippen LogP contribution is 2.18. The van der Waals surface area contributed by atoms with Crippen LogP contribution in [0.4, 0.5) is 5.69 Å². The first-order valence-corrected chi connectivity index (χ1v) is 7.12. The van der Waals surface area contributed by atoms with Crippen LogP contribution in [0.1, 0.15) is 11.1 Å². The fourth-order valence-corrected chi connectivity index (χ4v) is 2.24. The Morgan fingerprint density at radius 1 is 0.944 bits per heavy atom.